The number of aliphatic hydroxyl groups excluding tert-OH is 1. The third kappa shape index (κ3) is 9.34. The molecule has 1 aliphatic rings. The Labute approximate surface area is 214 Å². The Morgan fingerprint density at radius 1 is 1.17 bits per heavy atom. The molecular weight excluding hydrogens is 454 g/mol. The van der Waals surface area contributed by atoms with E-state index in [0.29, 0.717) is 11.3 Å². The number of nitrogens with one attached hydrogen (secondary N) is 1. The van der Waals surface area contributed by atoms with E-state index in [9.17, 15) is 19.8 Å². The van der Waals surface area contributed by atoms with Gasteiger partial charge in [0.05, 0.1) is 12.5 Å². The van der Waals surface area contributed by atoms with Gasteiger partial charge < -0.3 is 20.6 Å². The van der Waals surface area contributed by atoms with Crippen LogP contribution in [0.25, 0.3) is 0 Å². The van der Waals surface area contributed by atoms with Gasteiger partial charge in [0.2, 0.25) is 5.91 Å². The predicted octanol–water partition coefficient (Wildman–Crippen LogP) is 6.24. The number of carboxylic acid groups (broad SMARTS) is 1. The number of phenolic OH excluding ortho intramolecular Hbond substituents is 1. The van der Waals surface area contributed by atoms with Crippen LogP contribution < -0.4 is 5.32 Å². The second-order valence-electron chi connectivity index (χ2n) is 10.2. The normalized spacial score (nSPS) is 17.6. The van der Waals surface area contributed by atoms with Crippen LogP contribution in [0.2, 0.25) is 0 Å². The highest BCUT2D eigenvalue weighted by molar-refractivity contribution is 6.00. The number of carbonyl (C=O) groups is 2. The van der Waals surface area contributed by atoms with Gasteiger partial charge >= 0.3 is 5.97 Å². The summed E-state index contributed by atoms with van der Waals surface area (Å²) in [5, 5.41) is 31.3. The second-order valence-corrected chi connectivity index (χ2v) is 10.2. The van der Waals surface area contributed by atoms with E-state index in [0.717, 1.165) is 17.6 Å². The van der Waals surface area contributed by atoms with Gasteiger partial charge in [0.15, 0.2) is 0 Å². The number of aliphatic hydroxyl groups is 1. The first-order chi connectivity index (χ1) is 16.9. The molecule has 1 amide bonds. The molecule has 1 aromatic carbocycles. The zero-order chi connectivity index (χ0) is 26.9. The number of rotatable bonds is 10. The summed E-state index contributed by atoms with van der Waals surface area (Å²) in [5.74, 6) is -1.52. The Hall–Kier alpha value is -3.38. The van der Waals surface area contributed by atoms with Crippen molar-refractivity contribution < 1.29 is 24.9 Å². The van der Waals surface area contributed by atoms with Crippen LogP contribution in [0.1, 0.15) is 65.9 Å². The van der Waals surface area contributed by atoms with Gasteiger partial charge in [0.25, 0.3) is 0 Å². The quantitative estimate of drug-likeness (QED) is 0.175. The molecule has 6 heteroatoms. The minimum absolute atomic E-state index is 0.00981. The van der Waals surface area contributed by atoms with Gasteiger partial charge in [-0.3, -0.25) is 9.59 Å². The van der Waals surface area contributed by atoms with Gasteiger partial charge in [-0.1, -0.05) is 55.4 Å². The lowest BCUT2D eigenvalue weighted by atomic mass is 9.72. The van der Waals surface area contributed by atoms with Crippen molar-refractivity contribution in [2.75, 3.05) is 5.32 Å². The van der Waals surface area contributed by atoms with Crippen molar-refractivity contribution in [2.24, 2.45) is 5.41 Å². The predicted molar refractivity (Wildman–Crippen MR) is 145 cm³/mol. The average Bonchev–Trinajstić information content (AvgIpc) is 2.74. The summed E-state index contributed by atoms with van der Waals surface area (Å²) in [5.41, 5.74) is 5.80. The number of aromatic hydroxyl groups is 1. The third-order valence-electron chi connectivity index (χ3n) is 6.34. The Kier molecular flexibility index (Phi) is 10.5. The zero-order valence-electron chi connectivity index (χ0n) is 22.0. The van der Waals surface area contributed by atoms with Crippen LogP contribution >= 0.6 is 0 Å². The molecule has 4 N–H and O–H groups in total. The lowest BCUT2D eigenvalue weighted by molar-refractivity contribution is -0.139. The third-order valence-corrected chi connectivity index (χ3v) is 6.34. The van der Waals surface area contributed by atoms with Crippen molar-refractivity contribution in [3.8, 4) is 5.75 Å². The maximum atomic E-state index is 12.5. The molecule has 1 unspecified atom stereocenters. The van der Waals surface area contributed by atoms with Crippen molar-refractivity contribution in [1.29, 1.82) is 0 Å². The van der Waals surface area contributed by atoms with E-state index in [2.05, 4.69) is 38.2 Å². The van der Waals surface area contributed by atoms with Crippen LogP contribution in [-0.2, 0) is 16.0 Å². The van der Waals surface area contributed by atoms with E-state index >= 15 is 0 Å². The van der Waals surface area contributed by atoms with E-state index in [1.54, 1.807) is 0 Å². The second kappa shape index (κ2) is 13.1. The molecule has 1 aliphatic carbocycles. The minimum atomic E-state index is -1.13. The number of amides is 1. The number of carboxylic acids is 1. The van der Waals surface area contributed by atoms with Crippen molar-refractivity contribution in [3.63, 3.8) is 0 Å². The number of hydrogen-bond donors (Lipinski definition) is 4. The SMILES string of the molecule is CC1=C(/C=C/C(C)=C/C=C/C(C)=C/C(=O)Nc2ccc(O)cc2CC(O)CC(=O)O)C(C)(C)CCC1. The molecule has 0 aliphatic heterocycles. The van der Waals surface area contributed by atoms with Crippen LogP contribution in [0.5, 0.6) is 5.75 Å². The minimum Gasteiger partial charge on any atom is -0.508 e. The molecular formula is C30H39NO5. The van der Waals surface area contributed by atoms with E-state index in [1.807, 2.05) is 32.1 Å². The molecule has 0 bridgehead atoms. The maximum Gasteiger partial charge on any atom is 0.305 e. The number of benzene rings is 1. The number of aliphatic carboxylic acids is 1. The summed E-state index contributed by atoms with van der Waals surface area (Å²) in [6.45, 7) is 10.7. The van der Waals surface area contributed by atoms with Crippen molar-refractivity contribution in [1.82, 2.24) is 0 Å². The van der Waals surface area contributed by atoms with Gasteiger partial charge in [0, 0.05) is 18.2 Å². The van der Waals surface area contributed by atoms with Gasteiger partial charge in [-0.25, -0.2) is 0 Å². The molecule has 1 atom stereocenters. The summed E-state index contributed by atoms with van der Waals surface area (Å²) in [4.78, 5) is 23.3. The van der Waals surface area contributed by atoms with E-state index in [1.165, 1.54) is 48.3 Å². The number of hydrogen-bond acceptors (Lipinski definition) is 4. The van der Waals surface area contributed by atoms with Crippen molar-refractivity contribution in [3.05, 3.63) is 82.5 Å². The van der Waals surface area contributed by atoms with Crippen LogP contribution in [0, 0.1) is 5.41 Å². The van der Waals surface area contributed by atoms with Gasteiger partial charge in [-0.15, -0.1) is 0 Å². The first-order valence-electron chi connectivity index (χ1n) is 12.3. The molecule has 0 aromatic heterocycles. The number of anilines is 1. The highest BCUT2D eigenvalue weighted by Gasteiger charge is 2.26. The van der Waals surface area contributed by atoms with Crippen molar-refractivity contribution in [2.45, 2.75) is 72.8 Å². The molecule has 1 aromatic rings. The topological polar surface area (TPSA) is 107 Å². The first-order valence-corrected chi connectivity index (χ1v) is 12.3. The Bertz CT molecular complexity index is 1120. The summed E-state index contributed by atoms with van der Waals surface area (Å²) in [7, 11) is 0. The van der Waals surface area contributed by atoms with E-state index in [4.69, 9.17) is 5.11 Å². The maximum absolute atomic E-state index is 12.5. The van der Waals surface area contributed by atoms with Gasteiger partial charge in [-0.2, -0.15) is 0 Å². The van der Waals surface area contributed by atoms with Gasteiger partial charge in [0.1, 0.15) is 5.75 Å². The van der Waals surface area contributed by atoms with Crippen molar-refractivity contribution >= 4 is 17.6 Å². The van der Waals surface area contributed by atoms with Gasteiger partial charge in [-0.05, 0) is 80.4 Å². The highest BCUT2D eigenvalue weighted by Crippen LogP contribution is 2.40. The fourth-order valence-electron chi connectivity index (χ4n) is 4.45. The fraction of sp³-hybridized carbons (Fsp3) is 0.400. The lowest BCUT2D eigenvalue weighted by Gasteiger charge is -2.32. The van der Waals surface area contributed by atoms with Crippen LogP contribution in [0.4, 0.5) is 5.69 Å². The monoisotopic (exact) mass is 493 g/mol. The summed E-state index contributed by atoms with van der Waals surface area (Å²) >= 11 is 0. The standard InChI is InChI=1S/C30H39NO5/c1-20(11-13-26-22(3)10-7-15-30(26,4)5)8-6-9-21(2)16-28(34)31-27-14-12-24(32)17-23(27)18-25(33)19-29(35)36/h6,8-9,11-14,16-17,25,32-33H,7,10,15,18-19H2,1-5H3,(H,31,34)(H,35,36)/b9-6+,13-11+,20-8+,21-16+. The molecule has 194 valence electrons. The smallest absolute Gasteiger partial charge is 0.305 e. The Morgan fingerprint density at radius 2 is 1.89 bits per heavy atom. The lowest BCUT2D eigenvalue weighted by Crippen LogP contribution is -2.19. The Morgan fingerprint density at radius 3 is 2.56 bits per heavy atom. The first kappa shape index (κ1) is 28.9. The summed E-state index contributed by atoms with van der Waals surface area (Å²) < 4.78 is 0. The average molecular weight is 494 g/mol. The molecule has 6 nitrogen and oxygen atoms in total. The van der Waals surface area contributed by atoms with E-state index in [-0.39, 0.29) is 23.5 Å². The largest absolute Gasteiger partial charge is 0.508 e. The number of phenols is 1. The molecule has 2 rings (SSSR count). The molecule has 0 heterocycles. The molecule has 0 saturated heterocycles. The Balaban J connectivity index is 2.03. The number of carbonyl (C=O) groups excluding carboxylic acids is 1. The van der Waals surface area contributed by atoms with Crippen LogP contribution in [0.3, 0.4) is 0 Å². The summed E-state index contributed by atoms with van der Waals surface area (Å²) in [6.07, 6.45) is 13.6. The fourth-order valence-corrected chi connectivity index (χ4v) is 4.45. The number of allylic oxidation sites excluding steroid dienone is 9. The molecule has 0 fully saturated rings. The zero-order valence-corrected chi connectivity index (χ0v) is 22.0. The highest BCUT2D eigenvalue weighted by atomic mass is 16.4. The molecule has 0 spiro atoms. The van der Waals surface area contributed by atoms with E-state index < -0.39 is 18.5 Å². The molecule has 36 heavy (non-hydrogen) atoms. The molecule has 0 saturated carbocycles. The molecule has 0 radical (unpaired) electrons. The van der Waals surface area contributed by atoms with Crippen LogP contribution in [0.15, 0.2) is 76.9 Å². The summed E-state index contributed by atoms with van der Waals surface area (Å²) in [6, 6.07) is 4.36. The van der Waals surface area contributed by atoms with Crippen LogP contribution in [-0.4, -0.2) is 33.3 Å².